The normalized spacial score (nSPS) is 17.1. The van der Waals surface area contributed by atoms with Gasteiger partial charge in [0, 0.05) is 17.4 Å². The lowest BCUT2D eigenvalue weighted by atomic mass is 10.3. The molecule has 0 saturated carbocycles. The van der Waals surface area contributed by atoms with Crippen LogP contribution in [0.1, 0.15) is 12.8 Å². The number of ether oxygens (including phenoxy) is 2. The Labute approximate surface area is 119 Å². The summed E-state index contributed by atoms with van der Waals surface area (Å²) in [6.07, 6.45) is 0.939. The second kappa shape index (κ2) is 6.71. The van der Waals surface area contributed by atoms with Crippen molar-refractivity contribution in [2.75, 3.05) is 19.8 Å². The molecule has 110 valence electrons. The maximum atomic E-state index is 12.3. The second-order valence-electron chi connectivity index (χ2n) is 4.36. The Hall–Kier alpha value is -1.60. The van der Waals surface area contributed by atoms with Crippen LogP contribution in [-0.4, -0.2) is 40.3 Å². The predicted molar refractivity (Wildman–Crippen MR) is 73.6 cm³/mol. The van der Waals surface area contributed by atoms with Crippen molar-refractivity contribution in [1.82, 2.24) is 0 Å². The van der Waals surface area contributed by atoms with Crippen LogP contribution < -0.4 is 15.2 Å². The molecule has 1 aliphatic rings. The van der Waals surface area contributed by atoms with E-state index in [0.29, 0.717) is 29.6 Å². The van der Waals surface area contributed by atoms with Gasteiger partial charge in [0.2, 0.25) is 0 Å². The summed E-state index contributed by atoms with van der Waals surface area (Å²) in [6.45, 7) is 1.27. The molecule has 2 rings (SSSR count). The molecule has 0 bridgehead atoms. The molecule has 20 heavy (non-hydrogen) atoms. The largest absolute Gasteiger partial charge is 0.490 e. The molecule has 2 atom stereocenters. The molecule has 1 aromatic rings. The summed E-state index contributed by atoms with van der Waals surface area (Å²) < 4.78 is 23.3. The number of nitrogens with two attached hydrogens (primary N) is 1. The first-order chi connectivity index (χ1) is 9.63. The number of aliphatic carboxylic acids is 1. The average molecular weight is 299 g/mol. The molecular formula is C13H17NO5S. The molecule has 2 unspecified atom stereocenters. The first-order valence-corrected chi connectivity index (χ1v) is 7.58. The van der Waals surface area contributed by atoms with E-state index in [2.05, 4.69) is 0 Å². The minimum absolute atomic E-state index is 0.163. The molecule has 1 aliphatic heterocycles. The van der Waals surface area contributed by atoms with Gasteiger partial charge in [-0.05, 0) is 25.1 Å². The molecule has 1 aromatic carbocycles. The van der Waals surface area contributed by atoms with Crippen LogP contribution in [0.2, 0.25) is 0 Å². The number of carboxylic acid groups (broad SMARTS) is 1. The van der Waals surface area contributed by atoms with Gasteiger partial charge >= 0.3 is 5.97 Å². The number of carbonyl (C=O) groups is 1. The van der Waals surface area contributed by atoms with Gasteiger partial charge in [-0.15, -0.1) is 0 Å². The van der Waals surface area contributed by atoms with Crippen molar-refractivity contribution in [1.29, 1.82) is 0 Å². The number of carboxylic acids is 1. The van der Waals surface area contributed by atoms with Crippen molar-refractivity contribution < 1.29 is 23.6 Å². The quantitative estimate of drug-likeness (QED) is 0.832. The van der Waals surface area contributed by atoms with Gasteiger partial charge < -0.3 is 20.3 Å². The van der Waals surface area contributed by atoms with Crippen molar-refractivity contribution in [2.24, 2.45) is 5.73 Å². The molecule has 7 heteroatoms. The van der Waals surface area contributed by atoms with Gasteiger partial charge in [0.1, 0.15) is 5.25 Å². The Bertz CT molecular complexity index is 519. The zero-order valence-corrected chi connectivity index (χ0v) is 11.7. The third-order valence-electron chi connectivity index (χ3n) is 2.91. The van der Waals surface area contributed by atoms with E-state index in [-0.39, 0.29) is 13.0 Å². The fourth-order valence-corrected chi connectivity index (χ4v) is 3.19. The Morgan fingerprint density at radius 2 is 2.05 bits per heavy atom. The monoisotopic (exact) mass is 299 g/mol. The fraction of sp³-hybridized carbons (Fsp3) is 0.462. The van der Waals surface area contributed by atoms with Gasteiger partial charge in [-0.2, -0.15) is 0 Å². The Balaban J connectivity index is 2.26. The van der Waals surface area contributed by atoms with Gasteiger partial charge in [0.05, 0.1) is 24.0 Å². The average Bonchev–Trinajstić information content (AvgIpc) is 2.68. The third-order valence-corrected chi connectivity index (χ3v) is 4.59. The van der Waals surface area contributed by atoms with E-state index in [1.165, 1.54) is 0 Å². The zero-order valence-electron chi connectivity index (χ0n) is 10.9. The van der Waals surface area contributed by atoms with Crippen molar-refractivity contribution in [2.45, 2.75) is 23.0 Å². The van der Waals surface area contributed by atoms with E-state index in [1.54, 1.807) is 18.2 Å². The summed E-state index contributed by atoms with van der Waals surface area (Å²) in [6, 6.07) is 4.86. The molecule has 0 fully saturated rings. The van der Waals surface area contributed by atoms with E-state index < -0.39 is 22.0 Å². The summed E-state index contributed by atoms with van der Waals surface area (Å²) in [5.41, 5.74) is 5.37. The van der Waals surface area contributed by atoms with Crippen LogP contribution in [0, 0.1) is 0 Å². The maximum Gasteiger partial charge on any atom is 0.319 e. The van der Waals surface area contributed by atoms with Crippen LogP contribution in [0.4, 0.5) is 0 Å². The summed E-state index contributed by atoms with van der Waals surface area (Å²) in [5.74, 6) is -0.0138. The third kappa shape index (κ3) is 3.29. The minimum Gasteiger partial charge on any atom is -0.490 e. The molecule has 6 nitrogen and oxygen atoms in total. The van der Waals surface area contributed by atoms with Crippen molar-refractivity contribution in [3.63, 3.8) is 0 Å². The predicted octanol–water partition coefficient (Wildman–Crippen LogP) is 0.757. The van der Waals surface area contributed by atoms with E-state index in [0.717, 1.165) is 6.42 Å². The lowest BCUT2D eigenvalue weighted by molar-refractivity contribution is -0.136. The number of rotatable bonds is 5. The first kappa shape index (κ1) is 14.8. The molecule has 1 heterocycles. The zero-order chi connectivity index (χ0) is 14.5. The smallest absolute Gasteiger partial charge is 0.319 e. The highest BCUT2D eigenvalue weighted by Gasteiger charge is 2.26. The van der Waals surface area contributed by atoms with Crippen LogP contribution in [0.5, 0.6) is 11.5 Å². The molecule has 0 aromatic heterocycles. The van der Waals surface area contributed by atoms with Crippen molar-refractivity contribution in [3.05, 3.63) is 18.2 Å². The van der Waals surface area contributed by atoms with Crippen LogP contribution in [0.15, 0.2) is 23.1 Å². The summed E-state index contributed by atoms with van der Waals surface area (Å²) in [4.78, 5) is 11.6. The van der Waals surface area contributed by atoms with Gasteiger partial charge in [-0.25, -0.2) is 0 Å². The molecule has 0 aliphatic carbocycles. The number of benzene rings is 1. The highest BCUT2D eigenvalue weighted by atomic mass is 32.2. The van der Waals surface area contributed by atoms with Crippen LogP contribution in [0.3, 0.4) is 0 Å². The second-order valence-corrected chi connectivity index (χ2v) is 6.00. The first-order valence-electron chi connectivity index (χ1n) is 6.36. The molecule has 0 amide bonds. The molecule has 0 saturated heterocycles. The SMILES string of the molecule is NCCC(C(=O)O)S(=O)c1ccc2c(c1)OCCCO2. The molecule has 0 spiro atoms. The van der Waals surface area contributed by atoms with Gasteiger partial charge in [0.15, 0.2) is 11.5 Å². The lowest BCUT2D eigenvalue weighted by Gasteiger charge is -2.13. The Morgan fingerprint density at radius 1 is 1.35 bits per heavy atom. The maximum absolute atomic E-state index is 12.3. The van der Waals surface area contributed by atoms with Crippen LogP contribution >= 0.6 is 0 Å². The van der Waals surface area contributed by atoms with Gasteiger partial charge in [-0.1, -0.05) is 0 Å². The highest BCUT2D eigenvalue weighted by Crippen LogP contribution is 2.32. The van der Waals surface area contributed by atoms with Gasteiger partial charge in [-0.3, -0.25) is 9.00 Å². The van der Waals surface area contributed by atoms with Crippen LogP contribution in [-0.2, 0) is 15.6 Å². The Kier molecular flexibility index (Phi) is 4.97. The van der Waals surface area contributed by atoms with E-state index in [1.807, 2.05) is 0 Å². The van der Waals surface area contributed by atoms with Gasteiger partial charge in [0.25, 0.3) is 0 Å². The number of hydrogen-bond acceptors (Lipinski definition) is 5. The summed E-state index contributed by atoms with van der Waals surface area (Å²) in [7, 11) is -1.67. The van der Waals surface area contributed by atoms with E-state index in [4.69, 9.17) is 20.3 Å². The topological polar surface area (TPSA) is 98.9 Å². The summed E-state index contributed by atoms with van der Waals surface area (Å²) in [5, 5.41) is 8.11. The molecule has 0 radical (unpaired) electrons. The van der Waals surface area contributed by atoms with E-state index in [9.17, 15) is 9.00 Å². The minimum atomic E-state index is -1.67. The standard InChI is InChI=1S/C13H17NO5S/c14-5-4-12(13(15)16)20(17)9-2-3-10-11(8-9)19-7-1-6-18-10/h2-3,8,12H,1,4-7,14H2,(H,15,16). The number of fused-ring (bicyclic) bond motifs is 1. The van der Waals surface area contributed by atoms with Crippen molar-refractivity contribution in [3.8, 4) is 11.5 Å². The lowest BCUT2D eigenvalue weighted by Crippen LogP contribution is -2.28. The fourth-order valence-electron chi connectivity index (χ4n) is 1.91. The van der Waals surface area contributed by atoms with Crippen LogP contribution in [0.25, 0.3) is 0 Å². The number of hydrogen-bond donors (Lipinski definition) is 2. The summed E-state index contributed by atoms with van der Waals surface area (Å²) >= 11 is 0. The van der Waals surface area contributed by atoms with E-state index >= 15 is 0 Å². The highest BCUT2D eigenvalue weighted by molar-refractivity contribution is 7.86. The Morgan fingerprint density at radius 3 is 2.70 bits per heavy atom. The molecular weight excluding hydrogens is 282 g/mol. The molecule has 3 N–H and O–H groups in total. The van der Waals surface area contributed by atoms with Crippen molar-refractivity contribution >= 4 is 16.8 Å².